The van der Waals surface area contributed by atoms with Crippen LogP contribution in [0.4, 0.5) is 23.4 Å². The second-order valence-corrected chi connectivity index (χ2v) is 7.66. The highest BCUT2D eigenvalue weighted by molar-refractivity contribution is 6.00. The number of nitrogens with zero attached hydrogens (tertiary/aromatic N) is 4. The smallest absolute Gasteiger partial charge is 0.366 e. The molecule has 0 bridgehead atoms. The highest BCUT2D eigenvalue weighted by Crippen LogP contribution is 2.29. The lowest BCUT2D eigenvalue weighted by Gasteiger charge is -2.35. The van der Waals surface area contributed by atoms with E-state index in [4.69, 9.17) is 0 Å². The quantitative estimate of drug-likeness (QED) is 0.440. The number of aromatic nitrogens is 3. The fourth-order valence-electron chi connectivity index (χ4n) is 3.86. The van der Waals surface area contributed by atoms with Gasteiger partial charge < -0.3 is 10.2 Å². The Kier molecular flexibility index (Phi) is 7.80. The highest BCUT2D eigenvalue weighted by atomic mass is 19.4. The molecule has 1 amide bonds. The molecule has 0 saturated carbocycles. The molecule has 2 atom stereocenters. The third kappa shape index (κ3) is 5.49. The Morgan fingerprint density at radius 1 is 1.06 bits per heavy atom. The summed E-state index contributed by atoms with van der Waals surface area (Å²) in [5, 5.41) is 3.06. The number of rotatable bonds is 8. The van der Waals surface area contributed by atoms with Crippen molar-refractivity contribution < 1.29 is 22.4 Å². The number of anilines is 1. The molecule has 0 saturated heterocycles. The summed E-state index contributed by atoms with van der Waals surface area (Å²) in [7, 11) is 0. The number of amides is 1. The van der Waals surface area contributed by atoms with Gasteiger partial charge in [0.2, 0.25) is 0 Å². The molecule has 0 spiro atoms. The van der Waals surface area contributed by atoms with Gasteiger partial charge in [0.15, 0.2) is 5.82 Å². The molecule has 2 heterocycles. The maximum atomic E-state index is 14.9. The Morgan fingerprint density at radius 2 is 1.76 bits per heavy atom. The van der Waals surface area contributed by atoms with Crippen LogP contribution in [0.5, 0.6) is 0 Å². The summed E-state index contributed by atoms with van der Waals surface area (Å²) in [6.45, 7) is 5.74. The molecule has 0 fully saturated rings. The summed E-state index contributed by atoms with van der Waals surface area (Å²) in [6, 6.07) is 7.32. The number of carbonyl (C=O) groups is 1. The first-order chi connectivity index (χ1) is 16.2. The van der Waals surface area contributed by atoms with Crippen molar-refractivity contribution in [2.45, 2.75) is 45.5 Å². The average Bonchev–Trinajstić information content (AvgIpc) is 2.82. The largest absolute Gasteiger partial charge is 0.417 e. The molecule has 0 aliphatic heterocycles. The molecular formula is C24H25F4N5O. The van der Waals surface area contributed by atoms with Gasteiger partial charge in [0.25, 0.3) is 5.91 Å². The third-order valence-corrected chi connectivity index (χ3v) is 5.50. The van der Waals surface area contributed by atoms with Crippen LogP contribution in [0.1, 0.15) is 43.1 Å². The molecule has 0 aliphatic carbocycles. The Balaban J connectivity index is 1.88. The van der Waals surface area contributed by atoms with E-state index < -0.39 is 29.5 Å². The van der Waals surface area contributed by atoms with Gasteiger partial charge >= 0.3 is 6.18 Å². The number of nitrogens with one attached hydrogen (secondary N) is 1. The number of hydrogen-bond donors (Lipinski definition) is 1. The molecule has 34 heavy (non-hydrogen) atoms. The van der Waals surface area contributed by atoms with Gasteiger partial charge in [0.1, 0.15) is 11.6 Å². The zero-order chi connectivity index (χ0) is 24.9. The number of hydrogen-bond acceptors (Lipinski definition) is 5. The minimum atomic E-state index is -4.48. The van der Waals surface area contributed by atoms with Gasteiger partial charge in [-0.3, -0.25) is 4.79 Å². The minimum absolute atomic E-state index is 0.131. The van der Waals surface area contributed by atoms with Gasteiger partial charge in [-0.15, -0.1) is 0 Å². The van der Waals surface area contributed by atoms with E-state index in [1.807, 2.05) is 6.92 Å². The predicted octanol–water partition coefficient (Wildman–Crippen LogP) is 5.44. The number of alkyl halides is 3. The number of likely N-dealkylation sites (N-methyl/N-ethyl adjacent to an activating group) is 1. The lowest BCUT2D eigenvalue weighted by molar-refractivity contribution is -0.137. The molecule has 1 N–H and O–H groups in total. The fraction of sp³-hybridized carbons (Fsp3) is 0.333. The summed E-state index contributed by atoms with van der Waals surface area (Å²) in [4.78, 5) is 27.2. The fourth-order valence-corrected chi connectivity index (χ4v) is 3.86. The molecule has 0 radical (unpaired) electrons. The normalized spacial score (nSPS) is 13.3. The molecule has 6 nitrogen and oxygen atoms in total. The second-order valence-electron chi connectivity index (χ2n) is 7.66. The van der Waals surface area contributed by atoms with Crippen LogP contribution in [0.15, 0.2) is 55.0 Å². The summed E-state index contributed by atoms with van der Waals surface area (Å²) in [5.74, 6) is -0.737. The van der Waals surface area contributed by atoms with Crippen LogP contribution in [0, 0.1) is 5.82 Å². The van der Waals surface area contributed by atoms with Crippen molar-refractivity contribution in [1.29, 1.82) is 0 Å². The molecule has 2 unspecified atom stereocenters. The lowest BCUT2D eigenvalue weighted by atomic mass is 10.0. The summed E-state index contributed by atoms with van der Waals surface area (Å²) < 4.78 is 53.3. The Labute approximate surface area is 195 Å². The monoisotopic (exact) mass is 475 g/mol. The Morgan fingerprint density at radius 3 is 2.32 bits per heavy atom. The van der Waals surface area contributed by atoms with Gasteiger partial charge in [-0.05, 0) is 44.5 Å². The lowest BCUT2D eigenvalue weighted by Crippen LogP contribution is -2.48. The number of carbonyl (C=O) groups excluding carboxylic acids is 1. The summed E-state index contributed by atoms with van der Waals surface area (Å²) >= 11 is 0. The van der Waals surface area contributed by atoms with Gasteiger partial charge in [-0.25, -0.2) is 19.3 Å². The zero-order valence-electron chi connectivity index (χ0n) is 19.0. The molecule has 1 aromatic carbocycles. The van der Waals surface area contributed by atoms with Crippen LogP contribution in [0.3, 0.4) is 0 Å². The van der Waals surface area contributed by atoms with Crippen molar-refractivity contribution in [2.75, 3.05) is 11.9 Å². The molecule has 3 aromatic rings. The van der Waals surface area contributed by atoms with E-state index in [0.717, 1.165) is 12.3 Å². The first kappa shape index (κ1) is 25.1. The highest BCUT2D eigenvalue weighted by Gasteiger charge is 2.32. The van der Waals surface area contributed by atoms with E-state index in [9.17, 15) is 22.4 Å². The topological polar surface area (TPSA) is 71.0 Å². The molecule has 0 aliphatic rings. The third-order valence-electron chi connectivity index (χ3n) is 5.50. The van der Waals surface area contributed by atoms with Gasteiger partial charge in [-0.1, -0.05) is 19.1 Å². The van der Waals surface area contributed by atoms with Crippen LogP contribution in [-0.4, -0.2) is 44.4 Å². The summed E-state index contributed by atoms with van der Waals surface area (Å²) in [5.41, 5.74) is -0.698. The zero-order valence-corrected chi connectivity index (χ0v) is 19.0. The maximum Gasteiger partial charge on any atom is 0.417 e. The average molecular weight is 475 g/mol. The van der Waals surface area contributed by atoms with Gasteiger partial charge in [0, 0.05) is 36.7 Å². The van der Waals surface area contributed by atoms with Crippen LogP contribution >= 0.6 is 0 Å². The van der Waals surface area contributed by atoms with E-state index in [1.165, 1.54) is 35.5 Å². The van der Waals surface area contributed by atoms with Crippen molar-refractivity contribution in [2.24, 2.45) is 0 Å². The van der Waals surface area contributed by atoms with Crippen molar-refractivity contribution in [3.05, 3.63) is 71.9 Å². The Hall–Kier alpha value is -3.56. The number of pyridine rings is 1. The number of benzene rings is 1. The number of halogens is 4. The van der Waals surface area contributed by atoms with E-state index in [1.54, 1.807) is 26.0 Å². The molecule has 180 valence electrons. The van der Waals surface area contributed by atoms with Gasteiger partial charge in [-0.2, -0.15) is 13.2 Å². The van der Waals surface area contributed by atoms with E-state index in [2.05, 4.69) is 20.3 Å². The van der Waals surface area contributed by atoms with Crippen molar-refractivity contribution >= 4 is 11.7 Å². The first-order valence-corrected chi connectivity index (χ1v) is 10.8. The van der Waals surface area contributed by atoms with Crippen LogP contribution in [0.2, 0.25) is 0 Å². The predicted molar refractivity (Wildman–Crippen MR) is 121 cm³/mol. The summed E-state index contributed by atoms with van der Waals surface area (Å²) in [6.07, 6.45) is -0.188. The van der Waals surface area contributed by atoms with Crippen molar-refractivity contribution in [3.8, 4) is 11.4 Å². The Bertz CT molecular complexity index is 1110. The van der Waals surface area contributed by atoms with Crippen LogP contribution < -0.4 is 5.32 Å². The van der Waals surface area contributed by atoms with Crippen LogP contribution in [-0.2, 0) is 6.18 Å². The molecule has 2 aromatic heterocycles. The molecule has 10 heteroatoms. The first-order valence-electron chi connectivity index (χ1n) is 10.8. The van der Waals surface area contributed by atoms with Crippen molar-refractivity contribution in [1.82, 2.24) is 19.9 Å². The molecule has 3 rings (SSSR count). The van der Waals surface area contributed by atoms with E-state index in [-0.39, 0.29) is 35.4 Å². The standard InChI is InChI=1S/C24H25F4N5O/c1-4-19(15(3)32-20-11-10-16(14-31-20)24(26,27)28)33(5-2)23(34)21-17(8-6-9-18(21)25)22-29-12-7-13-30-22/h6-15,19H,4-5H2,1-3H3,(H,31,32). The maximum absolute atomic E-state index is 14.9. The van der Waals surface area contributed by atoms with E-state index in [0.29, 0.717) is 6.42 Å². The second kappa shape index (κ2) is 10.6. The van der Waals surface area contributed by atoms with Gasteiger partial charge in [0.05, 0.1) is 17.2 Å². The molecular weight excluding hydrogens is 450 g/mol. The van der Waals surface area contributed by atoms with Crippen LogP contribution in [0.25, 0.3) is 11.4 Å². The van der Waals surface area contributed by atoms with Crippen molar-refractivity contribution in [3.63, 3.8) is 0 Å². The minimum Gasteiger partial charge on any atom is -0.366 e. The SMILES string of the molecule is CCC(C(C)Nc1ccc(C(F)(F)F)cn1)N(CC)C(=O)c1c(F)cccc1-c1ncccn1. The van der Waals surface area contributed by atoms with E-state index >= 15 is 0 Å².